The smallest absolute Gasteiger partial charge is 0.274 e. The van der Waals surface area contributed by atoms with E-state index >= 15 is 0 Å². The van der Waals surface area contributed by atoms with Crippen LogP contribution in [0.1, 0.15) is 23.3 Å². The molecule has 0 bridgehead atoms. The van der Waals surface area contributed by atoms with Crippen LogP contribution < -0.4 is 0 Å². The zero-order valence-corrected chi connectivity index (χ0v) is 8.76. The average Bonchev–Trinajstić information content (AvgIpc) is 2.64. The number of carbonyl (C=O) groups excluding carboxylic acids is 1. The fourth-order valence-corrected chi connectivity index (χ4v) is 1.83. The van der Waals surface area contributed by atoms with Gasteiger partial charge in [-0.25, -0.2) is 0 Å². The van der Waals surface area contributed by atoms with E-state index in [0.717, 1.165) is 12.8 Å². The zero-order chi connectivity index (χ0) is 10.8. The van der Waals surface area contributed by atoms with Gasteiger partial charge in [-0.3, -0.25) is 9.48 Å². The molecule has 2 rings (SSSR count). The van der Waals surface area contributed by atoms with Crippen molar-refractivity contribution < 1.29 is 9.90 Å². The normalized spacial score (nSPS) is 21.7. The van der Waals surface area contributed by atoms with Gasteiger partial charge in [-0.15, -0.1) is 0 Å². The molecular weight excluding hydrogens is 194 g/mol. The summed E-state index contributed by atoms with van der Waals surface area (Å²) in [5.41, 5.74) is 0.451. The lowest BCUT2D eigenvalue weighted by Crippen LogP contribution is -2.42. The summed E-state index contributed by atoms with van der Waals surface area (Å²) in [6, 6.07) is 1.70. The van der Waals surface area contributed by atoms with Gasteiger partial charge in [0.15, 0.2) is 0 Å². The van der Waals surface area contributed by atoms with Crippen LogP contribution in [0.4, 0.5) is 0 Å². The number of aliphatic hydroxyl groups excluding tert-OH is 1. The SMILES string of the molecule is Cn1ccc(C(=O)N2CCC[C@H](O)C2)n1. The zero-order valence-electron chi connectivity index (χ0n) is 8.76. The number of hydrogen-bond donors (Lipinski definition) is 1. The van der Waals surface area contributed by atoms with E-state index in [9.17, 15) is 9.90 Å². The van der Waals surface area contributed by atoms with E-state index < -0.39 is 0 Å². The minimum Gasteiger partial charge on any atom is -0.391 e. The van der Waals surface area contributed by atoms with Gasteiger partial charge in [0.25, 0.3) is 5.91 Å². The van der Waals surface area contributed by atoms with Crippen molar-refractivity contribution in [2.45, 2.75) is 18.9 Å². The number of piperidine rings is 1. The molecule has 1 amide bonds. The predicted octanol–water partition coefficient (Wildman–Crippen LogP) is 0.0170. The van der Waals surface area contributed by atoms with Crippen LogP contribution in [0.15, 0.2) is 12.3 Å². The van der Waals surface area contributed by atoms with Gasteiger partial charge in [-0.05, 0) is 18.9 Å². The summed E-state index contributed by atoms with van der Waals surface area (Å²) in [6.07, 6.45) is 3.01. The monoisotopic (exact) mass is 209 g/mol. The maximum Gasteiger partial charge on any atom is 0.274 e. The van der Waals surface area contributed by atoms with Gasteiger partial charge in [0, 0.05) is 26.3 Å². The molecule has 1 aromatic rings. The minimum absolute atomic E-state index is 0.0886. The van der Waals surface area contributed by atoms with E-state index in [1.165, 1.54) is 0 Å². The maximum absolute atomic E-state index is 11.9. The van der Waals surface area contributed by atoms with Crippen molar-refractivity contribution in [2.24, 2.45) is 7.05 Å². The topological polar surface area (TPSA) is 58.4 Å². The van der Waals surface area contributed by atoms with E-state index in [2.05, 4.69) is 5.10 Å². The second-order valence-electron chi connectivity index (χ2n) is 3.92. The molecule has 1 N–H and O–H groups in total. The quantitative estimate of drug-likeness (QED) is 0.709. The largest absolute Gasteiger partial charge is 0.391 e. The molecule has 0 unspecified atom stereocenters. The first-order chi connectivity index (χ1) is 7.16. The number of amides is 1. The van der Waals surface area contributed by atoms with Gasteiger partial charge in [0.2, 0.25) is 0 Å². The number of carbonyl (C=O) groups is 1. The van der Waals surface area contributed by atoms with E-state index in [-0.39, 0.29) is 12.0 Å². The Morgan fingerprint density at radius 1 is 1.67 bits per heavy atom. The Morgan fingerprint density at radius 3 is 3.07 bits per heavy atom. The number of rotatable bonds is 1. The molecule has 1 aromatic heterocycles. The Balaban J connectivity index is 2.07. The summed E-state index contributed by atoms with van der Waals surface area (Å²) in [4.78, 5) is 13.6. The van der Waals surface area contributed by atoms with E-state index in [1.807, 2.05) is 0 Å². The average molecular weight is 209 g/mol. The van der Waals surface area contributed by atoms with Crippen molar-refractivity contribution >= 4 is 5.91 Å². The molecule has 82 valence electrons. The fourth-order valence-electron chi connectivity index (χ4n) is 1.83. The van der Waals surface area contributed by atoms with Crippen LogP contribution in [0.3, 0.4) is 0 Å². The Hall–Kier alpha value is -1.36. The molecule has 0 radical (unpaired) electrons. The van der Waals surface area contributed by atoms with Crippen LogP contribution in [-0.4, -0.2) is 44.9 Å². The first kappa shape index (κ1) is 10.2. The van der Waals surface area contributed by atoms with Crippen LogP contribution >= 0.6 is 0 Å². The van der Waals surface area contributed by atoms with Crippen molar-refractivity contribution in [1.82, 2.24) is 14.7 Å². The maximum atomic E-state index is 11.9. The summed E-state index contributed by atoms with van der Waals surface area (Å²) >= 11 is 0. The Bertz CT molecular complexity index is 361. The van der Waals surface area contributed by atoms with Crippen molar-refractivity contribution in [3.8, 4) is 0 Å². The van der Waals surface area contributed by atoms with Crippen LogP contribution in [0.25, 0.3) is 0 Å². The highest BCUT2D eigenvalue weighted by Gasteiger charge is 2.24. The first-order valence-electron chi connectivity index (χ1n) is 5.14. The van der Waals surface area contributed by atoms with Gasteiger partial charge in [-0.1, -0.05) is 0 Å². The van der Waals surface area contributed by atoms with Gasteiger partial charge in [0.05, 0.1) is 6.10 Å². The first-order valence-corrected chi connectivity index (χ1v) is 5.14. The predicted molar refractivity (Wildman–Crippen MR) is 54.4 cm³/mol. The summed E-state index contributed by atoms with van der Waals surface area (Å²) < 4.78 is 1.60. The third-order valence-electron chi connectivity index (χ3n) is 2.62. The molecule has 0 spiro atoms. The summed E-state index contributed by atoms with van der Waals surface area (Å²) in [5, 5.41) is 13.5. The third kappa shape index (κ3) is 2.18. The molecule has 1 aliphatic rings. The fraction of sp³-hybridized carbons (Fsp3) is 0.600. The highest BCUT2D eigenvalue weighted by atomic mass is 16.3. The standard InChI is InChI=1S/C10H15N3O2/c1-12-6-4-9(11-12)10(15)13-5-2-3-8(14)7-13/h4,6,8,14H,2-3,5,7H2,1H3/t8-/m0/s1. The molecule has 5 nitrogen and oxygen atoms in total. The highest BCUT2D eigenvalue weighted by molar-refractivity contribution is 5.92. The van der Waals surface area contributed by atoms with Crippen molar-refractivity contribution in [2.75, 3.05) is 13.1 Å². The lowest BCUT2D eigenvalue weighted by Gasteiger charge is -2.29. The number of aryl methyl sites for hydroxylation is 1. The molecular formula is C10H15N3O2. The number of nitrogens with zero attached hydrogens (tertiary/aromatic N) is 3. The Kier molecular flexibility index (Phi) is 2.73. The number of β-amino-alcohol motifs (C(OH)–C–C–N with tert-alkyl or cyclic N) is 1. The lowest BCUT2D eigenvalue weighted by atomic mass is 10.1. The van der Waals surface area contributed by atoms with Crippen molar-refractivity contribution in [1.29, 1.82) is 0 Å². The Morgan fingerprint density at radius 2 is 2.47 bits per heavy atom. The van der Waals surface area contributed by atoms with Crippen molar-refractivity contribution in [3.63, 3.8) is 0 Å². The van der Waals surface area contributed by atoms with E-state index in [1.54, 1.807) is 28.9 Å². The van der Waals surface area contributed by atoms with Crippen LogP contribution in [-0.2, 0) is 7.05 Å². The molecule has 0 aliphatic carbocycles. The number of likely N-dealkylation sites (tertiary alicyclic amines) is 1. The second-order valence-corrected chi connectivity index (χ2v) is 3.92. The third-order valence-corrected chi connectivity index (χ3v) is 2.62. The van der Waals surface area contributed by atoms with Crippen LogP contribution in [0.2, 0.25) is 0 Å². The molecule has 0 saturated carbocycles. The van der Waals surface area contributed by atoms with Crippen LogP contribution in [0, 0.1) is 0 Å². The summed E-state index contributed by atoms with van der Waals surface area (Å²) in [6.45, 7) is 1.14. The van der Waals surface area contributed by atoms with Gasteiger partial charge < -0.3 is 10.0 Å². The van der Waals surface area contributed by atoms with Crippen molar-refractivity contribution in [3.05, 3.63) is 18.0 Å². The minimum atomic E-state index is -0.383. The Labute approximate surface area is 88.3 Å². The molecule has 1 saturated heterocycles. The molecule has 1 aliphatic heterocycles. The second kappa shape index (κ2) is 4.02. The number of hydrogen-bond acceptors (Lipinski definition) is 3. The van der Waals surface area contributed by atoms with Gasteiger partial charge >= 0.3 is 0 Å². The van der Waals surface area contributed by atoms with Gasteiger partial charge in [-0.2, -0.15) is 5.10 Å². The van der Waals surface area contributed by atoms with E-state index in [4.69, 9.17) is 0 Å². The molecule has 1 fully saturated rings. The molecule has 15 heavy (non-hydrogen) atoms. The molecule has 0 aromatic carbocycles. The van der Waals surface area contributed by atoms with E-state index in [0.29, 0.717) is 18.8 Å². The summed E-state index contributed by atoms with van der Waals surface area (Å²) in [7, 11) is 1.78. The molecule has 5 heteroatoms. The van der Waals surface area contributed by atoms with Crippen LogP contribution in [0.5, 0.6) is 0 Å². The molecule has 2 heterocycles. The number of aromatic nitrogens is 2. The van der Waals surface area contributed by atoms with Gasteiger partial charge in [0.1, 0.15) is 5.69 Å². The summed E-state index contributed by atoms with van der Waals surface area (Å²) in [5.74, 6) is -0.0886. The lowest BCUT2D eigenvalue weighted by molar-refractivity contribution is 0.0468. The highest BCUT2D eigenvalue weighted by Crippen LogP contribution is 2.12. The molecule has 1 atom stereocenters. The number of aliphatic hydroxyl groups is 1.